The van der Waals surface area contributed by atoms with Gasteiger partial charge in [0.05, 0.1) is 10.0 Å². The molecule has 1 amide bonds. The topological polar surface area (TPSA) is 35.6 Å². The fourth-order valence-electron chi connectivity index (χ4n) is 4.37. The van der Waals surface area contributed by atoms with Gasteiger partial charge in [0, 0.05) is 38.6 Å². The van der Waals surface area contributed by atoms with E-state index in [0.29, 0.717) is 28.3 Å². The Morgan fingerprint density at radius 1 is 1.10 bits per heavy atom. The average molecular weight is 457 g/mol. The summed E-state index contributed by atoms with van der Waals surface area (Å²) < 4.78 is 0. The Bertz CT molecular complexity index is 684. The quantitative estimate of drug-likeness (QED) is 0.653. The number of nitrogens with one attached hydrogen (secondary N) is 1. The highest BCUT2D eigenvalue weighted by Crippen LogP contribution is 2.31. The van der Waals surface area contributed by atoms with Crippen molar-refractivity contribution in [2.45, 2.75) is 66.5 Å². The van der Waals surface area contributed by atoms with Gasteiger partial charge in [0.15, 0.2) is 0 Å². The molecule has 6 heteroatoms. The second kappa shape index (κ2) is 11.7. The van der Waals surface area contributed by atoms with Crippen molar-refractivity contribution in [3.8, 4) is 0 Å². The Morgan fingerprint density at radius 2 is 1.77 bits per heavy atom. The third kappa shape index (κ3) is 7.12. The Morgan fingerprint density at radius 3 is 2.37 bits per heavy atom. The molecule has 0 spiro atoms. The van der Waals surface area contributed by atoms with Gasteiger partial charge in [-0.05, 0) is 55.0 Å². The monoisotopic (exact) mass is 455 g/mol. The third-order valence-electron chi connectivity index (χ3n) is 6.10. The molecule has 4 nitrogen and oxygen atoms in total. The average Bonchev–Trinajstić information content (AvgIpc) is 2.72. The van der Waals surface area contributed by atoms with E-state index < -0.39 is 0 Å². The fraction of sp³-hybridized carbons (Fsp3) is 0.708. The molecule has 170 valence electrons. The van der Waals surface area contributed by atoms with Gasteiger partial charge >= 0.3 is 0 Å². The largest absolute Gasteiger partial charge is 0.337 e. The van der Waals surface area contributed by atoms with Gasteiger partial charge in [0.1, 0.15) is 0 Å². The highest BCUT2D eigenvalue weighted by Gasteiger charge is 2.38. The molecule has 1 aromatic rings. The Hall–Kier alpha value is -0.810. The van der Waals surface area contributed by atoms with Crippen LogP contribution in [-0.2, 0) is 11.3 Å². The molecule has 0 saturated carbocycles. The van der Waals surface area contributed by atoms with Gasteiger partial charge in [-0.1, -0.05) is 63.9 Å². The lowest BCUT2D eigenvalue weighted by molar-refractivity contribution is -0.141. The van der Waals surface area contributed by atoms with E-state index in [9.17, 15) is 4.79 Å². The molecule has 30 heavy (non-hydrogen) atoms. The summed E-state index contributed by atoms with van der Waals surface area (Å²) in [6.07, 6.45) is 2.92. The van der Waals surface area contributed by atoms with Crippen molar-refractivity contribution in [3.05, 3.63) is 33.8 Å². The van der Waals surface area contributed by atoms with Crippen molar-refractivity contribution in [2.75, 3.05) is 32.7 Å². The molecule has 0 bridgehead atoms. The molecule has 1 unspecified atom stereocenters. The summed E-state index contributed by atoms with van der Waals surface area (Å²) in [6, 6.07) is 6.07. The predicted octanol–water partition coefficient (Wildman–Crippen LogP) is 5.47. The molecule has 0 aromatic heterocycles. The smallest absolute Gasteiger partial charge is 0.223 e. The Balaban J connectivity index is 0.00000155. The van der Waals surface area contributed by atoms with E-state index in [1.54, 1.807) is 0 Å². The van der Waals surface area contributed by atoms with Crippen LogP contribution >= 0.6 is 23.2 Å². The summed E-state index contributed by atoms with van der Waals surface area (Å²) >= 11 is 12.2. The second-order valence-corrected chi connectivity index (χ2v) is 10.2. The number of piperidine rings is 1. The van der Waals surface area contributed by atoms with Gasteiger partial charge in [0.25, 0.3) is 0 Å². The lowest BCUT2D eigenvalue weighted by Gasteiger charge is -2.47. The number of piperazine rings is 1. The van der Waals surface area contributed by atoms with Crippen LogP contribution in [0.15, 0.2) is 18.2 Å². The second-order valence-electron chi connectivity index (χ2n) is 9.35. The van der Waals surface area contributed by atoms with Crippen molar-refractivity contribution in [1.82, 2.24) is 15.1 Å². The molecule has 0 radical (unpaired) electrons. The van der Waals surface area contributed by atoms with Crippen molar-refractivity contribution in [2.24, 2.45) is 11.3 Å². The van der Waals surface area contributed by atoms with E-state index in [4.69, 9.17) is 23.2 Å². The highest BCUT2D eigenvalue weighted by molar-refractivity contribution is 6.42. The van der Waals surface area contributed by atoms with E-state index in [-0.39, 0.29) is 11.5 Å². The first-order valence-electron chi connectivity index (χ1n) is 11.4. The molecule has 2 saturated heterocycles. The zero-order valence-electron chi connectivity index (χ0n) is 19.3. The number of hydrogen-bond acceptors (Lipinski definition) is 3. The number of hydrogen-bond donors (Lipinski definition) is 1. The minimum atomic E-state index is 0.0418. The Labute approximate surface area is 193 Å². The van der Waals surface area contributed by atoms with Gasteiger partial charge in [0.2, 0.25) is 5.91 Å². The van der Waals surface area contributed by atoms with Crippen LogP contribution < -0.4 is 5.32 Å². The molecule has 3 rings (SSSR count). The number of carbonyl (C=O) groups excluding carboxylic acids is 1. The zero-order chi connectivity index (χ0) is 22.3. The Kier molecular flexibility index (Phi) is 9.93. The zero-order valence-corrected chi connectivity index (χ0v) is 20.8. The minimum absolute atomic E-state index is 0.0418. The summed E-state index contributed by atoms with van der Waals surface area (Å²) in [7, 11) is 0. The van der Waals surface area contributed by atoms with Gasteiger partial charge < -0.3 is 10.2 Å². The minimum Gasteiger partial charge on any atom is -0.337 e. The van der Waals surface area contributed by atoms with Crippen LogP contribution in [0.25, 0.3) is 0 Å². The molecule has 1 atom stereocenters. The number of amides is 1. The molecular formula is C24H39Cl2N3O. The first-order chi connectivity index (χ1) is 14.2. The van der Waals surface area contributed by atoms with Gasteiger partial charge in [-0.15, -0.1) is 0 Å². The van der Waals surface area contributed by atoms with Crippen molar-refractivity contribution < 1.29 is 4.79 Å². The van der Waals surface area contributed by atoms with Gasteiger partial charge in [-0.2, -0.15) is 0 Å². The normalized spacial score (nSPS) is 21.2. The van der Waals surface area contributed by atoms with E-state index in [1.807, 2.05) is 32.0 Å². The molecule has 0 aliphatic carbocycles. The fourth-order valence-corrected chi connectivity index (χ4v) is 4.69. The van der Waals surface area contributed by atoms with Crippen molar-refractivity contribution in [1.29, 1.82) is 0 Å². The van der Waals surface area contributed by atoms with E-state index in [1.165, 1.54) is 0 Å². The highest BCUT2D eigenvalue weighted by atomic mass is 35.5. The van der Waals surface area contributed by atoms with Gasteiger partial charge in [-0.25, -0.2) is 0 Å². The molecule has 2 heterocycles. The third-order valence-corrected chi connectivity index (χ3v) is 6.84. The van der Waals surface area contributed by atoms with E-state index >= 15 is 0 Å². The number of nitrogens with zero attached hydrogens (tertiary/aromatic N) is 2. The van der Waals surface area contributed by atoms with Crippen LogP contribution in [0.1, 0.15) is 59.4 Å². The molecule has 2 aliphatic rings. The maximum absolute atomic E-state index is 13.1. The van der Waals surface area contributed by atoms with Crippen LogP contribution in [0.5, 0.6) is 0 Å². The summed E-state index contributed by atoms with van der Waals surface area (Å²) in [4.78, 5) is 17.7. The van der Waals surface area contributed by atoms with E-state index in [0.717, 1.165) is 57.7 Å². The number of carbonyl (C=O) groups is 1. The van der Waals surface area contributed by atoms with Crippen LogP contribution in [0, 0.1) is 11.3 Å². The number of rotatable bonds is 4. The maximum atomic E-state index is 13.1. The predicted molar refractivity (Wildman–Crippen MR) is 128 cm³/mol. The van der Waals surface area contributed by atoms with Crippen LogP contribution in [0.2, 0.25) is 10.0 Å². The van der Waals surface area contributed by atoms with Crippen LogP contribution in [0.3, 0.4) is 0 Å². The maximum Gasteiger partial charge on any atom is 0.223 e. The number of halogens is 2. The SMILES string of the molecule is CC.CC(C)(C)C1CN(Cc2ccc(Cl)c(Cl)c2)CCN1C(=O)CC1CCNCC1. The standard InChI is InChI=1S/C22H33Cl2N3O.C2H6/c1-22(2,3)20-15-26(14-17-4-5-18(23)19(24)12-17)10-11-27(20)21(28)13-16-6-8-25-9-7-16;1-2/h4-5,12,16,20,25H,6-11,13-15H2,1-3H3;1-2H3. The number of benzene rings is 1. The molecule has 1 N–H and O–H groups in total. The lowest BCUT2D eigenvalue weighted by atomic mass is 9.83. The summed E-state index contributed by atoms with van der Waals surface area (Å²) in [6.45, 7) is 16.2. The summed E-state index contributed by atoms with van der Waals surface area (Å²) in [5, 5.41) is 4.58. The van der Waals surface area contributed by atoms with Crippen molar-refractivity contribution >= 4 is 29.1 Å². The lowest BCUT2D eigenvalue weighted by Crippen LogP contribution is -2.59. The molecule has 1 aromatic carbocycles. The first-order valence-corrected chi connectivity index (χ1v) is 12.2. The summed E-state index contributed by atoms with van der Waals surface area (Å²) in [5.74, 6) is 0.865. The van der Waals surface area contributed by atoms with Crippen molar-refractivity contribution in [3.63, 3.8) is 0 Å². The van der Waals surface area contributed by atoms with Gasteiger partial charge in [-0.3, -0.25) is 9.69 Å². The van der Waals surface area contributed by atoms with E-state index in [2.05, 4.69) is 35.9 Å². The summed E-state index contributed by atoms with van der Waals surface area (Å²) in [5.41, 5.74) is 1.21. The first kappa shape index (κ1) is 25.5. The van der Waals surface area contributed by atoms with Crippen LogP contribution in [0.4, 0.5) is 0 Å². The van der Waals surface area contributed by atoms with Crippen LogP contribution in [-0.4, -0.2) is 54.5 Å². The molecule has 2 aliphatic heterocycles. The molecule has 2 fully saturated rings. The molecular weight excluding hydrogens is 417 g/mol.